The highest BCUT2D eigenvalue weighted by Gasteiger charge is 2.15. The third-order valence-electron chi connectivity index (χ3n) is 4.29. The third-order valence-corrected chi connectivity index (χ3v) is 6.15. The second kappa shape index (κ2) is 8.13. The summed E-state index contributed by atoms with van der Waals surface area (Å²) in [7, 11) is 0. The molecule has 0 saturated heterocycles. The number of hydrogen-bond donors (Lipinski definition) is 2. The summed E-state index contributed by atoms with van der Waals surface area (Å²) in [5.74, 6) is 0.491. The number of anilines is 1. The van der Waals surface area contributed by atoms with E-state index in [1.54, 1.807) is 16.6 Å². The maximum Gasteiger partial charge on any atom is 0.257 e. The third kappa shape index (κ3) is 4.14. The van der Waals surface area contributed by atoms with Gasteiger partial charge in [0.05, 0.1) is 0 Å². The van der Waals surface area contributed by atoms with Crippen molar-refractivity contribution in [1.29, 1.82) is 0 Å². The van der Waals surface area contributed by atoms with E-state index >= 15 is 0 Å². The Bertz CT molecular complexity index is 1230. The van der Waals surface area contributed by atoms with E-state index in [9.17, 15) is 4.79 Å². The molecule has 0 bridgehead atoms. The molecule has 7 nitrogen and oxygen atoms in total. The molecule has 10 heteroatoms. The van der Waals surface area contributed by atoms with E-state index in [0.717, 1.165) is 36.2 Å². The molecule has 4 rings (SSSR count). The normalized spacial score (nSPS) is 10.9. The molecule has 0 radical (unpaired) electrons. The van der Waals surface area contributed by atoms with E-state index in [2.05, 4.69) is 48.5 Å². The highest BCUT2D eigenvalue weighted by Crippen LogP contribution is 2.31. The van der Waals surface area contributed by atoms with Crippen LogP contribution in [0.1, 0.15) is 21.7 Å². The molecule has 0 aliphatic carbocycles. The fourth-order valence-electron chi connectivity index (χ4n) is 2.76. The van der Waals surface area contributed by atoms with Gasteiger partial charge >= 0.3 is 0 Å². The van der Waals surface area contributed by atoms with Crippen LogP contribution in [0.5, 0.6) is 0 Å². The number of halogens is 1. The van der Waals surface area contributed by atoms with Crippen molar-refractivity contribution in [2.75, 3.05) is 5.32 Å². The highest BCUT2D eigenvalue weighted by molar-refractivity contribution is 14.1. The van der Waals surface area contributed by atoms with Crippen LogP contribution in [0.25, 0.3) is 15.5 Å². The standard InChI is InChI=1S/C19H15IN6OS2/c1-10-14(17-25-26-11(2)23-24-19(26)29-17)4-3-5-15(10)21-18(28)22-16(27)12-6-8-13(20)9-7-12/h3-9H,1-2H3,(H2,21,22,27,28). The molecule has 2 heterocycles. The average molecular weight is 534 g/mol. The van der Waals surface area contributed by atoms with Gasteiger partial charge in [-0.15, -0.1) is 10.2 Å². The van der Waals surface area contributed by atoms with Gasteiger partial charge < -0.3 is 5.32 Å². The number of hydrogen-bond acceptors (Lipinski definition) is 6. The van der Waals surface area contributed by atoms with Crippen LogP contribution < -0.4 is 10.6 Å². The topological polar surface area (TPSA) is 84.2 Å². The first-order chi connectivity index (χ1) is 13.9. The summed E-state index contributed by atoms with van der Waals surface area (Å²) in [4.78, 5) is 13.1. The first kappa shape index (κ1) is 19.9. The number of aryl methyl sites for hydroxylation is 1. The van der Waals surface area contributed by atoms with E-state index < -0.39 is 0 Å². The summed E-state index contributed by atoms with van der Waals surface area (Å²) in [5.41, 5.74) is 3.30. The number of carbonyl (C=O) groups is 1. The van der Waals surface area contributed by atoms with Gasteiger partial charge in [-0.1, -0.05) is 23.5 Å². The Morgan fingerprint density at radius 2 is 1.90 bits per heavy atom. The molecular weight excluding hydrogens is 519 g/mol. The minimum Gasteiger partial charge on any atom is -0.332 e. The highest BCUT2D eigenvalue weighted by atomic mass is 127. The predicted molar refractivity (Wildman–Crippen MR) is 126 cm³/mol. The minimum atomic E-state index is -0.253. The van der Waals surface area contributed by atoms with Gasteiger partial charge in [0.1, 0.15) is 5.01 Å². The number of thiocarbonyl (C=S) groups is 1. The number of rotatable bonds is 3. The summed E-state index contributed by atoms with van der Waals surface area (Å²) < 4.78 is 2.79. The average Bonchev–Trinajstić information content (AvgIpc) is 3.26. The predicted octanol–water partition coefficient (Wildman–Crippen LogP) is 4.20. The summed E-state index contributed by atoms with van der Waals surface area (Å²) in [6.07, 6.45) is 0. The van der Waals surface area contributed by atoms with Gasteiger partial charge in [0.25, 0.3) is 5.91 Å². The number of nitrogens with zero attached hydrogens (tertiary/aromatic N) is 4. The van der Waals surface area contributed by atoms with E-state index in [0.29, 0.717) is 5.56 Å². The van der Waals surface area contributed by atoms with Gasteiger partial charge in [0.2, 0.25) is 4.96 Å². The Labute approximate surface area is 189 Å². The van der Waals surface area contributed by atoms with Crippen molar-refractivity contribution < 1.29 is 4.79 Å². The number of benzene rings is 2. The smallest absolute Gasteiger partial charge is 0.257 e. The zero-order valence-electron chi connectivity index (χ0n) is 15.4. The van der Waals surface area contributed by atoms with Gasteiger partial charge in [-0.3, -0.25) is 10.1 Å². The lowest BCUT2D eigenvalue weighted by Crippen LogP contribution is -2.34. The van der Waals surface area contributed by atoms with Crippen LogP contribution in [0.4, 0.5) is 5.69 Å². The van der Waals surface area contributed by atoms with Gasteiger partial charge in [-0.25, -0.2) is 0 Å². The van der Waals surface area contributed by atoms with E-state index in [1.807, 2.05) is 44.2 Å². The van der Waals surface area contributed by atoms with Crippen LogP contribution in [0, 0.1) is 17.4 Å². The Morgan fingerprint density at radius 3 is 2.62 bits per heavy atom. The fraction of sp³-hybridized carbons (Fsp3) is 0.105. The monoisotopic (exact) mass is 534 g/mol. The van der Waals surface area contributed by atoms with E-state index in [-0.39, 0.29) is 11.0 Å². The lowest BCUT2D eigenvalue weighted by atomic mass is 10.1. The van der Waals surface area contributed by atoms with Gasteiger partial charge in [-0.05, 0) is 84.6 Å². The Morgan fingerprint density at radius 1 is 1.14 bits per heavy atom. The number of fused-ring (bicyclic) bond motifs is 1. The molecule has 0 saturated carbocycles. The summed E-state index contributed by atoms with van der Waals surface area (Å²) in [6, 6.07) is 13.1. The maximum absolute atomic E-state index is 12.4. The first-order valence-corrected chi connectivity index (χ1v) is 10.9. The zero-order chi connectivity index (χ0) is 20.5. The Kier molecular flexibility index (Phi) is 5.56. The molecule has 0 atom stereocenters. The van der Waals surface area contributed by atoms with Crippen molar-refractivity contribution in [2.24, 2.45) is 0 Å². The molecule has 0 aliphatic rings. The first-order valence-electron chi connectivity index (χ1n) is 8.59. The molecule has 1 amide bonds. The minimum absolute atomic E-state index is 0.239. The lowest BCUT2D eigenvalue weighted by Gasteiger charge is -2.13. The van der Waals surface area contributed by atoms with Crippen molar-refractivity contribution in [3.8, 4) is 10.6 Å². The van der Waals surface area contributed by atoms with Gasteiger partial charge in [0.15, 0.2) is 10.9 Å². The molecule has 2 aromatic heterocycles. The second-order valence-electron chi connectivity index (χ2n) is 6.24. The van der Waals surface area contributed by atoms with Crippen LogP contribution in [0.3, 0.4) is 0 Å². The Hall–Kier alpha value is -2.44. The van der Waals surface area contributed by atoms with Crippen LogP contribution in [-0.4, -0.2) is 30.8 Å². The van der Waals surface area contributed by atoms with Crippen LogP contribution in [-0.2, 0) is 0 Å². The lowest BCUT2D eigenvalue weighted by molar-refractivity contribution is 0.0977. The molecule has 0 aliphatic heterocycles. The molecule has 0 fully saturated rings. The number of aromatic nitrogens is 4. The van der Waals surface area contributed by atoms with Crippen LogP contribution >= 0.6 is 46.1 Å². The van der Waals surface area contributed by atoms with Crippen molar-refractivity contribution >= 4 is 67.8 Å². The molecule has 29 heavy (non-hydrogen) atoms. The number of nitrogens with one attached hydrogen (secondary N) is 2. The second-order valence-corrected chi connectivity index (χ2v) is 8.85. The largest absolute Gasteiger partial charge is 0.332 e. The molecule has 0 unspecified atom stereocenters. The maximum atomic E-state index is 12.4. The van der Waals surface area contributed by atoms with Crippen molar-refractivity contribution in [3.63, 3.8) is 0 Å². The quantitative estimate of drug-likeness (QED) is 0.303. The molecule has 4 aromatic rings. The summed E-state index contributed by atoms with van der Waals surface area (Å²) >= 11 is 9.00. The molecule has 0 spiro atoms. The van der Waals surface area contributed by atoms with Crippen molar-refractivity contribution in [2.45, 2.75) is 13.8 Å². The van der Waals surface area contributed by atoms with Gasteiger partial charge in [-0.2, -0.15) is 9.61 Å². The number of amides is 1. The van der Waals surface area contributed by atoms with Crippen molar-refractivity contribution in [1.82, 2.24) is 25.1 Å². The molecule has 146 valence electrons. The van der Waals surface area contributed by atoms with Crippen molar-refractivity contribution in [3.05, 3.63) is 63.0 Å². The van der Waals surface area contributed by atoms with Crippen LogP contribution in [0.15, 0.2) is 42.5 Å². The summed E-state index contributed by atoms with van der Waals surface area (Å²) in [5, 5.41) is 19.6. The molecule has 2 aromatic carbocycles. The zero-order valence-corrected chi connectivity index (χ0v) is 19.2. The molecule has 2 N–H and O–H groups in total. The van der Waals surface area contributed by atoms with E-state index in [1.165, 1.54) is 11.3 Å². The Balaban J connectivity index is 1.53. The summed E-state index contributed by atoms with van der Waals surface area (Å²) in [6.45, 7) is 3.85. The van der Waals surface area contributed by atoms with E-state index in [4.69, 9.17) is 12.2 Å². The SMILES string of the molecule is Cc1c(NC(=S)NC(=O)c2ccc(I)cc2)cccc1-c1nn2c(C)nnc2s1. The molecular formula is C19H15IN6OS2. The number of carbonyl (C=O) groups excluding carboxylic acids is 1. The fourth-order valence-corrected chi connectivity index (χ4v) is 4.29. The van der Waals surface area contributed by atoms with Gasteiger partial charge in [0, 0.05) is 20.4 Å². The van der Waals surface area contributed by atoms with Crippen LogP contribution in [0.2, 0.25) is 0 Å².